The maximum absolute atomic E-state index is 12.4. The Balaban J connectivity index is 1.82. The molecule has 0 unspecified atom stereocenters. The average molecular weight is 359 g/mol. The third-order valence-corrected chi connectivity index (χ3v) is 5.77. The van der Waals surface area contributed by atoms with Gasteiger partial charge in [0.2, 0.25) is 15.9 Å². The normalized spacial score (nSPS) is 15.8. The van der Waals surface area contributed by atoms with Crippen molar-refractivity contribution in [3.63, 3.8) is 0 Å². The Morgan fingerprint density at radius 3 is 2.44 bits per heavy atom. The van der Waals surface area contributed by atoms with Gasteiger partial charge in [-0.15, -0.1) is 0 Å². The van der Waals surface area contributed by atoms with Gasteiger partial charge in [0.15, 0.2) is 0 Å². The SMILES string of the molecule is NC(=O)c1cccc(NC(=O)c2cccc(N3CCCS3(=O)=O)c2)c1. The minimum absolute atomic E-state index is 0.114. The first-order valence-corrected chi connectivity index (χ1v) is 9.29. The molecule has 0 atom stereocenters. The number of carbonyl (C=O) groups is 2. The Morgan fingerprint density at radius 1 is 1.04 bits per heavy atom. The van der Waals surface area contributed by atoms with Crippen LogP contribution in [0, 0.1) is 0 Å². The molecule has 1 aliphatic heterocycles. The van der Waals surface area contributed by atoms with E-state index in [9.17, 15) is 18.0 Å². The number of anilines is 2. The first kappa shape index (κ1) is 17.0. The maximum atomic E-state index is 12.4. The molecule has 130 valence electrons. The number of amides is 2. The molecule has 2 amide bonds. The van der Waals surface area contributed by atoms with E-state index in [-0.39, 0.29) is 11.3 Å². The van der Waals surface area contributed by atoms with Crippen molar-refractivity contribution in [1.82, 2.24) is 0 Å². The molecular weight excluding hydrogens is 342 g/mol. The second kappa shape index (κ2) is 6.56. The lowest BCUT2D eigenvalue weighted by Crippen LogP contribution is -2.25. The van der Waals surface area contributed by atoms with Crippen molar-refractivity contribution in [2.24, 2.45) is 5.73 Å². The molecule has 2 aromatic carbocycles. The van der Waals surface area contributed by atoms with Crippen LogP contribution in [0.5, 0.6) is 0 Å². The molecule has 7 nitrogen and oxygen atoms in total. The Hall–Kier alpha value is -2.87. The summed E-state index contributed by atoms with van der Waals surface area (Å²) in [5, 5.41) is 2.68. The highest BCUT2D eigenvalue weighted by Crippen LogP contribution is 2.25. The molecule has 0 bridgehead atoms. The molecule has 3 rings (SSSR count). The second-order valence-electron chi connectivity index (χ2n) is 5.69. The van der Waals surface area contributed by atoms with Crippen molar-refractivity contribution in [2.75, 3.05) is 21.9 Å². The number of benzene rings is 2. The standard InChI is InChI=1S/C17H17N3O4S/c18-16(21)12-4-1-6-14(10-12)19-17(22)13-5-2-7-15(11-13)20-8-3-9-25(20,23)24/h1-2,4-7,10-11H,3,8-9H2,(H2,18,21)(H,19,22). The Labute approximate surface area is 145 Å². The predicted octanol–water partition coefficient (Wildman–Crippen LogP) is 1.58. The molecular formula is C17H17N3O4S. The number of sulfonamides is 1. The third-order valence-electron chi connectivity index (χ3n) is 3.90. The molecule has 0 radical (unpaired) electrons. The number of primary amides is 1. The minimum atomic E-state index is -3.31. The number of rotatable bonds is 4. The Kier molecular flexibility index (Phi) is 4.45. The van der Waals surface area contributed by atoms with E-state index in [1.54, 1.807) is 36.4 Å². The summed E-state index contributed by atoms with van der Waals surface area (Å²) in [5.74, 6) is -0.874. The van der Waals surface area contributed by atoms with Gasteiger partial charge < -0.3 is 11.1 Å². The molecule has 1 aliphatic rings. The zero-order chi connectivity index (χ0) is 18.0. The van der Waals surface area contributed by atoms with Gasteiger partial charge in [0.05, 0.1) is 11.4 Å². The lowest BCUT2D eigenvalue weighted by Gasteiger charge is -2.17. The van der Waals surface area contributed by atoms with Gasteiger partial charge in [-0.1, -0.05) is 12.1 Å². The zero-order valence-corrected chi connectivity index (χ0v) is 14.1. The van der Waals surface area contributed by atoms with Crippen LogP contribution in [0.15, 0.2) is 48.5 Å². The molecule has 8 heteroatoms. The van der Waals surface area contributed by atoms with Crippen molar-refractivity contribution >= 4 is 33.2 Å². The van der Waals surface area contributed by atoms with Crippen LogP contribution in [0.1, 0.15) is 27.1 Å². The van der Waals surface area contributed by atoms with Gasteiger partial charge in [-0.3, -0.25) is 13.9 Å². The summed E-state index contributed by atoms with van der Waals surface area (Å²) < 4.78 is 25.4. The molecule has 3 N–H and O–H groups in total. The van der Waals surface area contributed by atoms with E-state index in [4.69, 9.17) is 5.73 Å². The minimum Gasteiger partial charge on any atom is -0.366 e. The quantitative estimate of drug-likeness (QED) is 0.863. The highest BCUT2D eigenvalue weighted by molar-refractivity contribution is 7.93. The molecule has 0 spiro atoms. The van der Waals surface area contributed by atoms with Crippen LogP contribution in [-0.2, 0) is 10.0 Å². The molecule has 25 heavy (non-hydrogen) atoms. The van der Waals surface area contributed by atoms with E-state index in [2.05, 4.69) is 5.32 Å². The largest absolute Gasteiger partial charge is 0.366 e. The summed E-state index contributed by atoms with van der Waals surface area (Å²) in [6.45, 7) is 0.411. The van der Waals surface area contributed by atoms with Crippen molar-refractivity contribution < 1.29 is 18.0 Å². The number of hydrogen-bond acceptors (Lipinski definition) is 4. The monoisotopic (exact) mass is 359 g/mol. The fourth-order valence-corrected chi connectivity index (χ4v) is 4.24. The summed E-state index contributed by atoms with van der Waals surface area (Å²) in [6.07, 6.45) is 0.568. The van der Waals surface area contributed by atoms with Crippen molar-refractivity contribution in [2.45, 2.75) is 6.42 Å². The highest BCUT2D eigenvalue weighted by atomic mass is 32.2. The zero-order valence-electron chi connectivity index (χ0n) is 13.3. The van der Waals surface area contributed by atoms with Crippen LogP contribution in [0.2, 0.25) is 0 Å². The van der Waals surface area contributed by atoms with Gasteiger partial charge in [-0.2, -0.15) is 0 Å². The van der Waals surface area contributed by atoms with Gasteiger partial charge in [0.1, 0.15) is 0 Å². The molecule has 0 aromatic heterocycles. The molecule has 0 aliphatic carbocycles. The number of nitrogens with one attached hydrogen (secondary N) is 1. The Morgan fingerprint density at radius 2 is 1.76 bits per heavy atom. The van der Waals surface area contributed by atoms with Crippen LogP contribution >= 0.6 is 0 Å². The second-order valence-corrected chi connectivity index (χ2v) is 7.70. The third kappa shape index (κ3) is 3.63. The van der Waals surface area contributed by atoms with Crippen LogP contribution in [0.25, 0.3) is 0 Å². The molecule has 2 aromatic rings. The summed E-state index contributed by atoms with van der Waals surface area (Å²) in [7, 11) is -3.31. The maximum Gasteiger partial charge on any atom is 0.255 e. The molecule has 1 heterocycles. The fraction of sp³-hybridized carbons (Fsp3) is 0.176. The number of hydrogen-bond donors (Lipinski definition) is 2. The van der Waals surface area contributed by atoms with Crippen LogP contribution in [0.4, 0.5) is 11.4 Å². The summed E-state index contributed by atoms with van der Waals surface area (Å²) in [4.78, 5) is 23.6. The van der Waals surface area contributed by atoms with Gasteiger partial charge in [0.25, 0.3) is 5.91 Å². The van der Waals surface area contributed by atoms with Crippen molar-refractivity contribution in [3.8, 4) is 0 Å². The summed E-state index contributed by atoms with van der Waals surface area (Å²) in [5.41, 5.74) is 6.74. The first-order chi connectivity index (χ1) is 11.9. The topological polar surface area (TPSA) is 110 Å². The van der Waals surface area contributed by atoms with E-state index >= 15 is 0 Å². The molecule has 1 fully saturated rings. The van der Waals surface area contributed by atoms with Gasteiger partial charge in [0, 0.05) is 23.4 Å². The lowest BCUT2D eigenvalue weighted by molar-refractivity contribution is 0.0996. The number of nitrogens with two attached hydrogens (primary N) is 1. The summed E-state index contributed by atoms with van der Waals surface area (Å²) >= 11 is 0. The fourth-order valence-electron chi connectivity index (χ4n) is 2.69. The average Bonchev–Trinajstić information content (AvgIpc) is 2.94. The van der Waals surface area contributed by atoms with E-state index in [1.165, 1.54) is 16.4 Å². The van der Waals surface area contributed by atoms with E-state index in [0.29, 0.717) is 29.9 Å². The summed E-state index contributed by atoms with van der Waals surface area (Å²) in [6, 6.07) is 12.7. The van der Waals surface area contributed by atoms with Crippen molar-refractivity contribution in [1.29, 1.82) is 0 Å². The van der Waals surface area contributed by atoms with Gasteiger partial charge in [-0.25, -0.2) is 8.42 Å². The molecule has 0 saturated carbocycles. The molecule has 1 saturated heterocycles. The number of nitrogens with zero attached hydrogens (tertiary/aromatic N) is 1. The van der Waals surface area contributed by atoms with Gasteiger partial charge >= 0.3 is 0 Å². The Bertz CT molecular complexity index is 940. The lowest BCUT2D eigenvalue weighted by atomic mass is 10.1. The van der Waals surface area contributed by atoms with Crippen LogP contribution in [-0.4, -0.2) is 32.5 Å². The van der Waals surface area contributed by atoms with Crippen LogP contribution < -0.4 is 15.4 Å². The highest BCUT2D eigenvalue weighted by Gasteiger charge is 2.28. The predicted molar refractivity (Wildman–Crippen MR) is 95.1 cm³/mol. The number of carbonyl (C=O) groups excluding carboxylic acids is 2. The van der Waals surface area contributed by atoms with E-state index in [0.717, 1.165) is 0 Å². The van der Waals surface area contributed by atoms with Crippen LogP contribution in [0.3, 0.4) is 0 Å². The van der Waals surface area contributed by atoms with Gasteiger partial charge in [-0.05, 0) is 42.8 Å². The van der Waals surface area contributed by atoms with E-state index in [1.807, 2.05) is 0 Å². The first-order valence-electron chi connectivity index (χ1n) is 7.68. The van der Waals surface area contributed by atoms with Crippen molar-refractivity contribution in [3.05, 3.63) is 59.7 Å². The van der Waals surface area contributed by atoms with E-state index < -0.39 is 21.8 Å². The smallest absolute Gasteiger partial charge is 0.255 e.